The summed E-state index contributed by atoms with van der Waals surface area (Å²) in [7, 11) is 0. The van der Waals surface area contributed by atoms with E-state index in [1.807, 2.05) is 12.1 Å². The molecular formula is C20H34N4O2. The van der Waals surface area contributed by atoms with Crippen molar-refractivity contribution in [1.29, 1.82) is 0 Å². The van der Waals surface area contributed by atoms with E-state index in [1.54, 1.807) is 12.1 Å². The molecule has 0 unspecified atom stereocenters. The van der Waals surface area contributed by atoms with Crippen molar-refractivity contribution in [2.75, 3.05) is 32.8 Å². The summed E-state index contributed by atoms with van der Waals surface area (Å²) in [5, 5.41) is 16.3. The molecule has 1 saturated heterocycles. The Morgan fingerprint density at radius 3 is 2.58 bits per heavy atom. The van der Waals surface area contributed by atoms with Crippen molar-refractivity contribution >= 4 is 5.96 Å². The summed E-state index contributed by atoms with van der Waals surface area (Å²) < 4.78 is 5.65. The number of nitrogens with one attached hydrogen (secondary N) is 2. The third-order valence-corrected chi connectivity index (χ3v) is 4.49. The smallest absolute Gasteiger partial charge is 0.191 e. The van der Waals surface area contributed by atoms with Crippen molar-refractivity contribution in [1.82, 2.24) is 15.5 Å². The Labute approximate surface area is 157 Å². The molecule has 0 aromatic heterocycles. The first kappa shape index (κ1) is 20.5. The van der Waals surface area contributed by atoms with E-state index in [2.05, 4.69) is 41.3 Å². The van der Waals surface area contributed by atoms with Crippen LogP contribution in [0.1, 0.15) is 39.2 Å². The summed E-state index contributed by atoms with van der Waals surface area (Å²) in [6, 6.07) is 7.66. The molecule has 1 aromatic carbocycles. The van der Waals surface area contributed by atoms with Gasteiger partial charge in [-0.25, -0.2) is 4.99 Å². The predicted octanol–water partition coefficient (Wildman–Crippen LogP) is 2.34. The van der Waals surface area contributed by atoms with E-state index in [0.717, 1.165) is 57.2 Å². The van der Waals surface area contributed by atoms with Crippen molar-refractivity contribution in [2.45, 2.75) is 52.3 Å². The Bertz CT molecular complexity index is 537. The van der Waals surface area contributed by atoms with E-state index in [9.17, 15) is 5.11 Å². The van der Waals surface area contributed by atoms with Gasteiger partial charge in [0.1, 0.15) is 5.75 Å². The molecule has 0 radical (unpaired) electrons. The number of piperidine rings is 1. The summed E-state index contributed by atoms with van der Waals surface area (Å²) in [5.41, 5.74) is 1.08. The average molecular weight is 363 g/mol. The van der Waals surface area contributed by atoms with Crippen LogP contribution in [0.25, 0.3) is 0 Å². The molecule has 0 atom stereocenters. The van der Waals surface area contributed by atoms with E-state index >= 15 is 0 Å². The largest absolute Gasteiger partial charge is 0.508 e. The molecule has 146 valence electrons. The fourth-order valence-corrected chi connectivity index (χ4v) is 3.00. The van der Waals surface area contributed by atoms with Gasteiger partial charge in [0.25, 0.3) is 0 Å². The summed E-state index contributed by atoms with van der Waals surface area (Å²) in [6.07, 6.45) is 2.54. The molecule has 26 heavy (non-hydrogen) atoms. The van der Waals surface area contributed by atoms with Gasteiger partial charge in [0.15, 0.2) is 5.96 Å². The number of likely N-dealkylation sites (tertiary alicyclic amines) is 1. The first-order chi connectivity index (χ1) is 12.6. The molecule has 0 amide bonds. The topological polar surface area (TPSA) is 69.1 Å². The maximum Gasteiger partial charge on any atom is 0.191 e. The first-order valence-corrected chi connectivity index (χ1v) is 9.73. The lowest BCUT2D eigenvalue weighted by molar-refractivity contribution is 0.0532. The van der Waals surface area contributed by atoms with Gasteiger partial charge in [0.05, 0.1) is 19.3 Å². The Hall–Kier alpha value is -1.79. The summed E-state index contributed by atoms with van der Waals surface area (Å²) in [5.74, 6) is 1.15. The Balaban J connectivity index is 1.77. The van der Waals surface area contributed by atoms with E-state index in [-0.39, 0.29) is 5.75 Å². The molecule has 1 aliphatic heterocycles. The molecule has 3 N–H and O–H groups in total. The van der Waals surface area contributed by atoms with Crippen molar-refractivity contribution in [3.63, 3.8) is 0 Å². The number of hydrogen-bond donors (Lipinski definition) is 3. The van der Waals surface area contributed by atoms with Gasteiger partial charge < -0.3 is 25.4 Å². The van der Waals surface area contributed by atoms with Gasteiger partial charge in [-0.1, -0.05) is 12.1 Å². The van der Waals surface area contributed by atoms with Crippen LogP contribution >= 0.6 is 0 Å². The van der Waals surface area contributed by atoms with Crippen LogP contribution in [0.15, 0.2) is 29.3 Å². The second-order valence-electron chi connectivity index (χ2n) is 7.04. The van der Waals surface area contributed by atoms with Crippen LogP contribution in [0.5, 0.6) is 5.75 Å². The average Bonchev–Trinajstić information content (AvgIpc) is 2.62. The van der Waals surface area contributed by atoms with Gasteiger partial charge in [0.2, 0.25) is 0 Å². The van der Waals surface area contributed by atoms with Crippen molar-refractivity contribution in [3.05, 3.63) is 29.8 Å². The lowest BCUT2D eigenvalue weighted by atomic mass is 10.1. The molecule has 6 nitrogen and oxygen atoms in total. The van der Waals surface area contributed by atoms with Gasteiger partial charge in [-0.2, -0.15) is 0 Å². The quantitative estimate of drug-likeness (QED) is 0.489. The molecular weight excluding hydrogens is 328 g/mol. The van der Waals surface area contributed by atoms with E-state index in [1.165, 1.54) is 0 Å². The fourth-order valence-electron chi connectivity index (χ4n) is 3.00. The number of hydrogen-bond acceptors (Lipinski definition) is 4. The van der Waals surface area contributed by atoms with Gasteiger partial charge >= 0.3 is 0 Å². The Kier molecular flexibility index (Phi) is 8.71. The lowest BCUT2D eigenvalue weighted by Crippen LogP contribution is -2.49. The van der Waals surface area contributed by atoms with Crippen molar-refractivity contribution < 1.29 is 9.84 Å². The monoisotopic (exact) mass is 362 g/mol. The maximum atomic E-state index is 9.36. The molecule has 1 fully saturated rings. The van der Waals surface area contributed by atoms with Crippen LogP contribution in [0.4, 0.5) is 0 Å². The number of phenols is 1. The predicted molar refractivity (Wildman–Crippen MR) is 107 cm³/mol. The van der Waals surface area contributed by atoms with Crippen LogP contribution in [0.2, 0.25) is 0 Å². The van der Waals surface area contributed by atoms with Gasteiger partial charge in [0, 0.05) is 32.2 Å². The second-order valence-corrected chi connectivity index (χ2v) is 7.04. The van der Waals surface area contributed by atoms with E-state index in [0.29, 0.717) is 18.7 Å². The molecule has 0 spiro atoms. The normalized spacial score (nSPS) is 16.8. The molecule has 0 aliphatic carbocycles. The highest BCUT2D eigenvalue weighted by molar-refractivity contribution is 5.80. The number of ether oxygens (including phenoxy) is 1. The number of aromatic hydroxyl groups is 1. The van der Waals surface area contributed by atoms with Crippen molar-refractivity contribution in [3.8, 4) is 5.75 Å². The van der Waals surface area contributed by atoms with E-state index in [4.69, 9.17) is 4.74 Å². The number of nitrogens with zero attached hydrogens (tertiary/aromatic N) is 2. The van der Waals surface area contributed by atoms with Crippen LogP contribution in [-0.4, -0.2) is 60.9 Å². The van der Waals surface area contributed by atoms with Gasteiger partial charge in [-0.05, 0) is 51.3 Å². The number of benzene rings is 1. The number of phenolic OH excluding ortho intramolecular Hbond substituents is 1. The minimum absolute atomic E-state index is 0.285. The highest BCUT2D eigenvalue weighted by atomic mass is 16.5. The third kappa shape index (κ3) is 7.62. The molecule has 2 rings (SSSR count). The van der Waals surface area contributed by atoms with Crippen LogP contribution in [0.3, 0.4) is 0 Å². The zero-order valence-electron chi connectivity index (χ0n) is 16.4. The summed E-state index contributed by atoms with van der Waals surface area (Å²) >= 11 is 0. The zero-order chi connectivity index (χ0) is 18.8. The minimum Gasteiger partial charge on any atom is -0.508 e. The number of guanidine groups is 1. The Morgan fingerprint density at radius 2 is 1.96 bits per heavy atom. The molecule has 6 heteroatoms. The summed E-state index contributed by atoms with van der Waals surface area (Å²) in [6.45, 7) is 11.7. The SMILES string of the molecule is CCNC(=NCc1ccc(O)cc1)NC1CCN(CCOC(C)C)CC1. The minimum atomic E-state index is 0.285. The summed E-state index contributed by atoms with van der Waals surface area (Å²) in [4.78, 5) is 7.15. The number of rotatable bonds is 8. The molecule has 0 saturated carbocycles. The highest BCUT2D eigenvalue weighted by Crippen LogP contribution is 2.12. The molecule has 1 aliphatic rings. The zero-order valence-corrected chi connectivity index (χ0v) is 16.4. The van der Waals surface area contributed by atoms with Crippen LogP contribution in [-0.2, 0) is 11.3 Å². The van der Waals surface area contributed by atoms with Gasteiger partial charge in [-0.3, -0.25) is 0 Å². The van der Waals surface area contributed by atoms with Crippen LogP contribution < -0.4 is 10.6 Å². The third-order valence-electron chi connectivity index (χ3n) is 4.49. The molecule has 1 heterocycles. The number of aliphatic imine (C=N–C) groups is 1. The lowest BCUT2D eigenvalue weighted by Gasteiger charge is -2.33. The highest BCUT2D eigenvalue weighted by Gasteiger charge is 2.19. The Morgan fingerprint density at radius 1 is 1.27 bits per heavy atom. The van der Waals surface area contributed by atoms with Gasteiger partial charge in [-0.15, -0.1) is 0 Å². The maximum absolute atomic E-state index is 9.36. The molecule has 0 bridgehead atoms. The fraction of sp³-hybridized carbons (Fsp3) is 0.650. The second kappa shape index (κ2) is 11.0. The van der Waals surface area contributed by atoms with Crippen LogP contribution in [0, 0.1) is 0 Å². The first-order valence-electron chi connectivity index (χ1n) is 9.73. The van der Waals surface area contributed by atoms with E-state index < -0.39 is 0 Å². The molecule has 1 aromatic rings. The standard InChI is InChI=1S/C20H34N4O2/c1-4-21-20(22-15-17-5-7-19(25)8-6-17)23-18-9-11-24(12-10-18)13-14-26-16(2)3/h5-8,16,18,25H,4,9-15H2,1-3H3,(H2,21,22,23). The van der Waals surface area contributed by atoms with Crippen molar-refractivity contribution in [2.24, 2.45) is 4.99 Å².